The van der Waals surface area contributed by atoms with Gasteiger partial charge in [0.15, 0.2) is 0 Å². The summed E-state index contributed by atoms with van der Waals surface area (Å²) in [5.74, 6) is -2.61. The molecule has 0 saturated heterocycles. The van der Waals surface area contributed by atoms with Gasteiger partial charge in [0, 0.05) is 33.6 Å². The molecule has 0 unspecified atom stereocenters. The van der Waals surface area contributed by atoms with Gasteiger partial charge in [-0.2, -0.15) is 12.8 Å². The largest absolute Gasteiger partial charge is 0.858 e. The first-order valence-corrected chi connectivity index (χ1v) is 11.4. The fourth-order valence-corrected chi connectivity index (χ4v) is 4.30. The van der Waals surface area contributed by atoms with E-state index in [1.165, 1.54) is 24.3 Å². The van der Waals surface area contributed by atoms with Crippen LogP contribution in [0.15, 0.2) is 76.2 Å². The molecule has 0 aliphatic carbocycles. The average Bonchev–Trinajstić information content (AvgIpc) is 2.78. The number of carboxylic acids is 1. The van der Waals surface area contributed by atoms with E-state index in [4.69, 9.17) is 23.2 Å². The Morgan fingerprint density at radius 3 is 2.30 bits per heavy atom. The molecule has 33 heavy (non-hydrogen) atoms. The maximum absolute atomic E-state index is 12.5. The summed E-state index contributed by atoms with van der Waals surface area (Å²) in [5.41, 5.74) is 1.10. The summed E-state index contributed by atoms with van der Waals surface area (Å²) < 4.78 is 28.4. The van der Waals surface area contributed by atoms with E-state index in [0.717, 1.165) is 23.7 Å². The molecule has 0 aliphatic heterocycles. The van der Waals surface area contributed by atoms with Crippen molar-refractivity contribution in [3.63, 3.8) is 0 Å². The minimum absolute atomic E-state index is 0.186. The van der Waals surface area contributed by atoms with Crippen LogP contribution in [0.5, 0.6) is 0 Å². The molecule has 0 aliphatic rings. The van der Waals surface area contributed by atoms with E-state index in [0.29, 0.717) is 26.8 Å². The molecular formula is C22H11Cl2N3O5S-2. The van der Waals surface area contributed by atoms with Crippen molar-refractivity contribution in [2.75, 3.05) is 0 Å². The molecule has 2 aromatic heterocycles. The standard InChI is InChI=1S/C22H13Cl2N3O5S/c23-14-4-7-16-17(24)10-19(26-20(16)9-14)12-1-5-15(6-2-12)33(31,32)27-21(28)13-3-8-18(22(29)30)25-11-13/h1-11H,(H,27,28)(H,29,30)/p-2. The maximum Gasteiger partial charge on any atom is 0.281 e. The van der Waals surface area contributed by atoms with Crippen LogP contribution >= 0.6 is 23.2 Å². The lowest BCUT2D eigenvalue weighted by molar-refractivity contribution is -0.255. The minimum Gasteiger partial charge on any atom is -0.858 e. The van der Waals surface area contributed by atoms with Gasteiger partial charge in [-0.3, -0.25) is 4.98 Å². The van der Waals surface area contributed by atoms with Crippen molar-refractivity contribution in [1.29, 1.82) is 0 Å². The second-order valence-corrected chi connectivity index (χ2v) is 9.21. The third-order valence-corrected chi connectivity index (χ3v) is 6.41. The van der Waals surface area contributed by atoms with Crippen molar-refractivity contribution in [3.05, 3.63) is 88.2 Å². The Balaban J connectivity index is 1.64. The number of pyridine rings is 2. The summed E-state index contributed by atoms with van der Waals surface area (Å²) in [5, 5.41) is 24.6. The first-order valence-electron chi connectivity index (χ1n) is 9.20. The van der Waals surface area contributed by atoms with Crippen molar-refractivity contribution in [2.45, 2.75) is 4.90 Å². The first-order chi connectivity index (χ1) is 15.6. The average molecular weight is 500 g/mol. The van der Waals surface area contributed by atoms with Crippen molar-refractivity contribution in [1.82, 2.24) is 9.97 Å². The Labute approximate surface area is 197 Å². The van der Waals surface area contributed by atoms with Gasteiger partial charge < -0.3 is 15.0 Å². The Kier molecular flexibility index (Phi) is 6.03. The molecule has 0 saturated carbocycles. The van der Waals surface area contributed by atoms with Crippen molar-refractivity contribution in [2.24, 2.45) is 4.40 Å². The maximum atomic E-state index is 12.5. The van der Waals surface area contributed by atoms with E-state index in [1.54, 1.807) is 24.3 Å². The third kappa shape index (κ3) is 4.80. The van der Waals surface area contributed by atoms with Crippen molar-refractivity contribution < 1.29 is 23.4 Å². The van der Waals surface area contributed by atoms with Gasteiger partial charge in [0.25, 0.3) is 10.0 Å². The van der Waals surface area contributed by atoms with Crippen molar-refractivity contribution in [3.8, 4) is 11.3 Å². The van der Waals surface area contributed by atoms with Crippen LogP contribution in [0.25, 0.3) is 22.2 Å². The molecule has 0 spiro atoms. The molecule has 0 N–H and O–H groups in total. The number of benzene rings is 2. The predicted molar refractivity (Wildman–Crippen MR) is 119 cm³/mol. The van der Waals surface area contributed by atoms with Gasteiger partial charge in [0.2, 0.25) is 0 Å². The molecular weight excluding hydrogens is 489 g/mol. The van der Waals surface area contributed by atoms with Crippen LogP contribution in [0.2, 0.25) is 10.0 Å². The minimum atomic E-state index is -4.33. The number of carboxylic acid groups (broad SMARTS) is 1. The Hall–Kier alpha value is -3.53. The molecule has 8 nitrogen and oxygen atoms in total. The van der Waals surface area contributed by atoms with E-state index in [1.807, 2.05) is 0 Å². The number of aromatic carboxylic acids is 1. The number of halogens is 2. The van der Waals surface area contributed by atoms with E-state index in [-0.39, 0.29) is 10.5 Å². The summed E-state index contributed by atoms with van der Waals surface area (Å²) in [6.45, 7) is 0. The molecule has 0 radical (unpaired) electrons. The highest BCUT2D eigenvalue weighted by atomic mass is 35.5. The van der Waals surface area contributed by atoms with Crippen LogP contribution < -0.4 is 10.2 Å². The lowest BCUT2D eigenvalue weighted by Crippen LogP contribution is -2.25. The topological polar surface area (TPSA) is 135 Å². The quantitative estimate of drug-likeness (QED) is 0.303. The zero-order valence-corrected chi connectivity index (χ0v) is 18.7. The molecule has 2 heterocycles. The summed E-state index contributed by atoms with van der Waals surface area (Å²) in [7, 11) is -4.33. The van der Waals surface area contributed by atoms with E-state index >= 15 is 0 Å². The Morgan fingerprint density at radius 1 is 0.939 bits per heavy atom. The number of fused-ring (bicyclic) bond motifs is 1. The molecule has 4 rings (SSSR count). The normalized spacial score (nSPS) is 12.1. The Morgan fingerprint density at radius 2 is 1.67 bits per heavy atom. The highest BCUT2D eigenvalue weighted by molar-refractivity contribution is 7.90. The number of carbonyl (C=O) groups is 1. The highest BCUT2D eigenvalue weighted by Crippen LogP contribution is 2.30. The van der Waals surface area contributed by atoms with Gasteiger partial charge in [0.1, 0.15) is 0 Å². The zero-order chi connectivity index (χ0) is 23.8. The molecule has 4 aromatic rings. The second-order valence-electron chi connectivity index (χ2n) is 6.77. The monoisotopic (exact) mass is 499 g/mol. The van der Waals surface area contributed by atoms with Crippen LogP contribution in [0.4, 0.5) is 0 Å². The number of sulfonamides is 1. The summed E-state index contributed by atoms with van der Waals surface area (Å²) >= 11 is 12.4. The van der Waals surface area contributed by atoms with Gasteiger partial charge in [0.05, 0.1) is 32.8 Å². The van der Waals surface area contributed by atoms with Crippen molar-refractivity contribution >= 4 is 56.0 Å². The number of rotatable bonds is 5. The zero-order valence-electron chi connectivity index (χ0n) is 16.4. The highest BCUT2D eigenvalue weighted by Gasteiger charge is 2.14. The molecule has 2 aromatic carbocycles. The first kappa shape index (κ1) is 22.7. The van der Waals surface area contributed by atoms with Gasteiger partial charge >= 0.3 is 0 Å². The van der Waals surface area contributed by atoms with Gasteiger partial charge in [-0.05, 0) is 42.5 Å². The molecule has 0 atom stereocenters. The van der Waals surface area contributed by atoms with Crippen LogP contribution in [-0.4, -0.2) is 30.3 Å². The summed E-state index contributed by atoms with van der Waals surface area (Å²) in [6, 6.07) is 14.5. The smallest absolute Gasteiger partial charge is 0.281 e. The lowest BCUT2D eigenvalue weighted by Gasteiger charge is -2.11. The molecule has 166 valence electrons. The third-order valence-electron chi connectivity index (χ3n) is 4.59. The number of carbonyl (C=O) groups excluding carboxylic acids is 1. The van der Waals surface area contributed by atoms with E-state index in [9.17, 15) is 23.4 Å². The number of nitrogens with zero attached hydrogens (tertiary/aromatic N) is 3. The van der Waals surface area contributed by atoms with Crippen LogP contribution in [0, 0.1) is 0 Å². The fraction of sp³-hybridized carbons (Fsp3) is 0. The molecule has 0 amide bonds. The molecule has 0 fully saturated rings. The Bertz CT molecular complexity index is 1520. The number of hydrogen-bond acceptors (Lipinski definition) is 7. The lowest BCUT2D eigenvalue weighted by atomic mass is 10.1. The van der Waals surface area contributed by atoms with Gasteiger partial charge in [-0.1, -0.05) is 41.4 Å². The summed E-state index contributed by atoms with van der Waals surface area (Å²) in [4.78, 5) is 18.5. The van der Waals surface area contributed by atoms with Crippen LogP contribution in [-0.2, 0) is 10.0 Å². The molecule has 11 heteroatoms. The molecule has 0 bridgehead atoms. The number of hydrogen-bond donors (Lipinski definition) is 0. The second kappa shape index (κ2) is 8.78. The van der Waals surface area contributed by atoms with Gasteiger partial charge in [-0.25, -0.2) is 4.98 Å². The van der Waals surface area contributed by atoms with Crippen LogP contribution in [0.1, 0.15) is 16.1 Å². The predicted octanol–water partition coefficient (Wildman–Crippen LogP) is 2.46. The van der Waals surface area contributed by atoms with Crippen LogP contribution in [0.3, 0.4) is 0 Å². The summed E-state index contributed by atoms with van der Waals surface area (Å²) in [6.07, 6.45) is 0.914. The fourth-order valence-electron chi connectivity index (χ4n) is 2.96. The van der Waals surface area contributed by atoms with Gasteiger partial charge in [-0.15, -0.1) is 0 Å². The number of aromatic nitrogens is 2. The SMILES string of the molecule is O=C([O-])c1ccc(/C([O-])=N/S(=O)(=O)c2ccc(-c3cc(Cl)c4ccc(Cl)cc4n3)cc2)cn1. The van der Waals surface area contributed by atoms with E-state index in [2.05, 4.69) is 14.4 Å². The van der Waals surface area contributed by atoms with E-state index < -0.39 is 27.6 Å².